The van der Waals surface area contributed by atoms with Gasteiger partial charge in [-0.3, -0.25) is 13.9 Å². The second kappa shape index (κ2) is 10.6. The molecule has 0 saturated heterocycles. The van der Waals surface area contributed by atoms with Crippen molar-refractivity contribution < 1.29 is 32.2 Å². The molecule has 1 saturated carbocycles. The summed E-state index contributed by atoms with van der Waals surface area (Å²) in [6, 6.07) is 5.39. The third-order valence-electron chi connectivity index (χ3n) is 5.97. The maximum Gasteiger partial charge on any atom is 0.320 e. The molecule has 1 aliphatic heterocycles. The Morgan fingerprint density at radius 1 is 1.09 bits per heavy atom. The molecular weight excluding hydrogens is 434 g/mol. The number of rotatable bonds is 8. The van der Waals surface area contributed by atoms with Gasteiger partial charge in [0.15, 0.2) is 5.92 Å². The zero-order valence-corrected chi connectivity index (χ0v) is 19.9. The van der Waals surface area contributed by atoms with Gasteiger partial charge < -0.3 is 14.2 Å². The summed E-state index contributed by atoms with van der Waals surface area (Å²) >= 11 is 0. The van der Waals surface area contributed by atoms with E-state index < -0.39 is 39.2 Å². The fourth-order valence-corrected chi connectivity index (χ4v) is 6.45. The molecule has 1 heterocycles. The molecule has 0 amide bonds. The number of hydrogen-bond acceptors (Lipinski definition) is 7. The Bertz CT molecular complexity index is 906. The first-order valence-electron chi connectivity index (χ1n) is 11.4. The Kier molecular flexibility index (Phi) is 8.03. The van der Waals surface area contributed by atoms with Gasteiger partial charge in [-0.25, -0.2) is 8.42 Å². The SMILES string of the molecule is CCOC(=O)C(CC1CN(S(=O)(=O)C2CCCCC2)c2cc(C)ccc2O1)C(=O)OCC. The van der Waals surface area contributed by atoms with Crippen LogP contribution in [0, 0.1) is 12.8 Å². The Labute approximate surface area is 190 Å². The number of carbonyl (C=O) groups is 2. The smallest absolute Gasteiger partial charge is 0.320 e. The number of esters is 2. The molecule has 1 fully saturated rings. The highest BCUT2D eigenvalue weighted by molar-refractivity contribution is 7.93. The van der Waals surface area contributed by atoms with Crippen LogP contribution in [0.15, 0.2) is 18.2 Å². The van der Waals surface area contributed by atoms with Crippen LogP contribution in [0.25, 0.3) is 0 Å². The fraction of sp³-hybridized carbons (Fsp3) is 0.652. The molecule has 0 spiro atoms. The minimum atomic E-state index is -3.62. The number of hydrogen-bond donors (Lipinski definition) is 0. The van der Waals surface area contributed by atoms with Crippen LogP contribution in [0.2, 0.25) is 0 Å². The Hall–Kier alpha value is -2.29. The maximum atomic E-state index is 13.6. The Morgan fingerprint density at radius 2 is 1.72 bits per heavy atom. The van der Waals surface area contributed by atoms with Crippen molar-refractivity contribution in [1.29, 1.82) is 0 Å². The number of nitrogens with zero attached hydrogens (tertiary/aromatic N) is 1. The first-order chi connectivity index (χ1) is 15.3. The number of anilines is 1. The summed E-state index contributed by atoms with van der Waals surface area (Å²) in [5.41, 5.74) is 1.43. The molecule has 1 unspecified atom stereocenters. The van der Waals surface area contributed by atoms with Gasteiger partial charge in [-0.1, -0.05) is 25.3 Å². The average molecular weight is 468 g/mol. The van der Waals surface area contributed by atoms with Gasteiger partial charge in [-0.05, 0) is 51.3 Å². The molecule has 0 N–H and O–H groups in total. The zero-order chi connectivity index (χ0) is 23.3. The fourth-order valence-electron chi connectivity index (χ4n) is 4.37. The Morgan fingerprint density at radius 3 is 2.31 bits per heavy atom. The molecule has 0 aromatic heterocycles. The molecule has 1 aromatic rings. The van der Waals surface area contributed by atoms with E-state index in [9.17, 15) is 18.0 Å². The lowest BCUT2D eigenvalue weighted by molar-refractivity contribution is -0.162. The summed E-state index contributed by atoms with van der Waals surface area (Å²) in [7, 11) is -3.62. The lowest BCUT2D eigenvalue weighted by Gasteiger charge is -2.38. The van der Waals surface area contributed by atoms with Crippen LogP contribution >= 0.6 is 0 Å². The van der Waals surface area contributed by atoms with Crippen molar-refractivity contribution in [3.8, 4) is 5.75 Å². The van der Waals surface area contributed by atoms with E-state index in [0.29, 0.717) is 24.3 Å². The van der Waals surface area contributed by atoms with Gasteiger partial charge in [-0.2, -0.15) is 0 Å². The largest absolute Gasteiger partial charge is 0.486 e. The highest BCUT2D eigenvalue weighted by atomic mass is 32.2. The van der Waals surface area contributed by atoms with Crippen LogP contribution in [0.3, 0.4) is 0 Å². The van der Waals surface area contributed by atoms with Crippen LogP contribution in [0.5, 0.6) is 5.75 Å². The van der Waals surface area contributed by atoms with Crippen molar-refractivity contribution in [3.63, 3.8) is 0 Å². The third kappa shape index (κ3) is 5.36. The highest BCUT2D eigenvalue weighted by Gasteiger charge is 2.41. The summed E-state index contributed by atoms with van der Waals surface area (Å²) in [4.78, 5) is 24.9. The third-order valence-corrected chi connectivity index (χ3v) is 8.24. The lowest BCUT2D eigenvalue weighted by atomic mass is 10.00. The zero-order valence-electron chi connectivity index (χ0n) is 19.0. The number of sulfonamides is 1. The summed E-state index contributed by atoms with van der Waals surface area (Å²) in [6.45, 7) is 5.51. The minimum absolute atomic E-state index is 0.0261. The van der Waals surface area contributed by atoms with E-state index >= 15 is 0 Å². The lowest BCUT2D eigenvalue weighted by Crippen LogP contribution is -2.49. The molecule has 0 bridgehead atoms. The second-order valence-electron chi connectivity index (χ2n) is 8.34. The minimum Gasteiger partial charge on any atom is -0.486 e. The number of fused-ring (bicyclic) bond motifs is 1. The number of benzene rings is 1. The average Bonchev–Trinajstić information content (AvgIpc) is 2.77. The van der Waals surface area contributed by atoms with Gasteiger partial charge in [-0.15, -0.1) is 0 Å². The summed E-state index contributed by atoms with van der Waals surface area (Å²) in [5.74, 6) is -2.12. The van der Waals surface area contributed by atoms with E-state index in [1.165, 1.54) is 4.31 Å². The summed E-state index contributed by atoms with van der Waals surface area (Å²) < 4.78 is 44.8. The van der Waals surface area contributed by atoms with Crippen molar-refractivity contribution in [2.75, 3.05) is 24.1 Å². The van der Waals surface area contributed by atoms with Gasteiger partial charge >= 0.3 is 11.9 Å². The molecule has 2 aliphatic rings. The molecule has 8 nitrogen and oxygen atoms in total. The van der Waals surface area contributed by atoms with E-state index in [4.69, 9.17) is 14.2 Å². The highest BCUT2D eigenvalue weighted by Crippen LogP contribution is 2.40. The molecule has 0 radical (unpaired) electrons. The molecule has 178 valence electrons. The second-order valence-corrected chi connectivity index (χ2v) is 10.5. The van der Waals surface area contributed by atoms with Gasteiger partial charge in [0, 0.05) is 6.42 Å². The molecular formula is C23H33NO7S. The first kappa shape index (κ1) is 24.4. The van der Waals surface area contributed by atoms with Gasteiger partial charge in [0.1, 0.15) is 11.9 Å². The van der Waals surface area contributed by atoms with E-state index in [0.717, 1.165) is 24.8 Å². The summed E-state index contributed by atoms with van der Waals surface area (Å²) in [5, 5.41) is -0.436. The molecule has 32 heavy (non-hydrogen) atoms. The van der Waals surface area contributed by atoms with Crippen molar-refractivity contribution in [2.45, 2.75) is 70.7 Å². The van der Waals surface area contributed by atoms with Crippen LogP contribution in [-0.2, 0) is 29.1 Å². The van der Waals surface area contributed by atoms with E-state index in [1.54, 1.807) is 26.0 Å². The predicted octanol–water partition coefficient (Wildman–Crippen LogP) is 3.36. The molecule has 3 rings (SSSR count). The van der Waals surface area contributed by atoms with Crippen molar-refractivity contribution >= 4 is 27.6 Å². The number of aryl methyl sites for hydroxylation is 1. The van der Waals surface area contributed by atoms with Crippen molar-refractivity contribution in [3.05, 3.63) is 23.8 Å². The topological polar surface area (TPSA) is 99.2 Å². The van der Waals surface area contributed by atoms with Crippen LogP contribution in [0.4, 0.5) is 5.69 Å². The number of carbonyl (C=O) groups excluding carboxylic acids is 2. The van der Waals surface area contributed by atoms with E-state index in [-0.39, 0.29) is 26.2 Å². The van der Waals surface area contributed by atoms with Gasteiger partial charge in [0.25, 0.3) is 0 Å². The Balaban J connectivity index is 1.91. The van der Waals surface area contributed by atoms with Gasteiger partial charge in [0.2, 0.25) is 10.0 Å². The first-order valence-corrected chi connectivity index (χ1v) is 12.9. The molecule has 1 aliphatic carbocycles. The maximum absolute atomic E-state index is 13.6. The van der Waals surface area contributed by atoms with Crippen LogP contribution in [-0.4, -0.2) is 51.5 Å². The summed E-state index contributed by atoms with van der Waals surface area (Å²) in [6.07, 6.45) is 3.40. The predicted molar refractivity (Wildman–Crippen MR) is 120 cm³/mol. The number of ether oxygens (including phenoxy) is 3. The quantitative estimate of drug-likeness (QED) is 0.427. The molecule has 9 heteroatoms. The van der Waals surface area contributed by atoms with Crippen LogP contribution < -0.4 is 9.04 Å². The van der Waals surface area contributed by atoms with E-state index in [1.807, 2.05) is 13.0 Å². The molecule has 1 aromatic carbocycles. The van der Waals surface area contributed by atoms with Crippen molar-refractivity contribution in [2.24, 2.45) is 5.92 Å². The standard InChI is InChI=1S/C23H33NO7S/c1-4-29-22(25)19(23(26)30-5-2)14-17-15-24(20-13-16(3)11-12-21(20)31-17)32(27,28)18-9-7-6-8-10-18/h11-13,17-19H,4-10,14-15H2,1-3H3. The van der Waals surface area contributed by atoms with Crippen LogP contribution in [0.1, 0.15) is 57.9 Å². The van der Waals surface area contributed by atoms with Gasteiger partial charge in [0.05, 0.1) is 30.7 Å². The van der Waals surface area contributed by atoms with E-state index in [2.05, 4.69) is 0 Å². The normalized spacial score (nSPS) is 19.2. The molecule has 1 atom stereocenters. The van der Waals surface area contributed by atoms with Crippen molar-refractivity contribution in [1.82, 2.24) is 0 Å². The monoisotopic (exact) mass is 467 g/mol.